The summed E-state index contributed by atoms with van der Waals surface area (Å²) in [5, 5.41) is 7.10. The van der Waals surface area contributed by atoms with E-state index in [4.69, 9.17) is 4.98 Å². The van der Waals surface area contributed by atoms with Gasteiger partial charge in [0.1, 0.15) is 17.3 Å². The number of carbonyl (C=O) groups is 1. The first-order chi connectivity index (χ1) is 21.0. The fourth-order valence-electron chi connectivity index (χ4n) is 5.31. The van der Waals surface area contributed by atoms with Crippen molar-refractivity contribution in [2.24, 2.45) is 0 Å². The van der Waals surface area contributed by atoms with Gasteiger partial charge in [0.2, 0.25) is 0 Å². The minimum absolute atomic E-state index is 0.0801. The highest BCUT2D eigenvalue weighted by Gasteiger charge is 2.20. The summed E-state index contributed by atoms with van der Waals surface area (Å²) in [7, 11) is 5.24. The monoisotopic (exact) mass is 592 g/mol. The number of rotatable bonds is 9. The van der Waals surface area contributed by atoms with Gasteiger partial charge in [-0.25, -0.2) is 9.37 Å². The van der Waals surface area contributed by atoms with Crippen LogP contribution in [0.4, 0.5) is 10.1 Å². The smallest absolute Gasteiger partial charge is 0.277 e. The molecule has 1 amide bonds. The number of anilines is 1. The number of likely N-dealkylation sites (N-methyl/N-ethyl adjacent to an activating group) is 1. The van der Waals surface area contributed by atoms with Gasteiger partial charge in [-0.3, -0.25) is 14.2 Å². The van der Waals surface area contributed by atoms with E-state index in [0.717, 1.165) is 33.3 Å². The fraction of sp³-hybridized carbons (Fsp3) is 0.229. The highest BCUT2D eigenvalue weighted by molar-refractivity contribution is 5.97. The molecule has 5 rings (SSSR count). The maximum Gasteiger partial charge on any atom is 0.277 e. The molecule has 0 aliphatic heterocycles. The molecule has 0 aliphatic carbocycles. The van der Waals surface area contributed by atoms with E-state index < -0.39 is 0 Å². The summed E-state index contributed by atoms with van der Waals surface area (Å²) in [5.41, 5.74) is 6.23. The molecule has 1 atom stereocenters. The molecule has 5 aromatic rings. The molecule has 0 saturated heterocycles. The van der Waals surface area contributed by atoms with Crippen LogP contribution in [0.3, 0.4) is 0 Å². The number of nitrogens with zero attached hydrogens (tertiary/aromatic N) is 4. The van der Waals surface area contributed by atoms with Crippen LogP contribution in [0.5, 0.6) is 0 Å². The first-order valence-corrected chi connectivity index (χ1v) is 14.4. The van der Waals surface area contributed by atoms with Crippen LogP contribution in [0.25, 0.3) is 28.0 Å². The van der Waals surface area contributed by atoms with Gasteiger partial charge in [-0.05, 0) is 80.9 Å². The number of aromatic nitrogens is 3. The molecule has 0 fully saturated rings. The van der Waals surface area contributed by atoms with Gasteiger partial charge in [-0.2, -0.15) is 0 Å². The summed E-state index contributed by atoms with van der Waals surface area (Å²) in [6, 6.07) is 18.0. The predicted molar refractivity (Wildman–Crippen MR) is 175 cm³/mol. The molecule has 0 radical (unpaired) electrons. The first-order valence-electron chi connectivity index (χ1n) is 14.4. The summed E-state index contributed by atoms with van der Waals surface area (Å²) in [6.45, 7) is 10.1. The van der Waals surface area contributed by atoms with E-state index in [9.17, 15) is 14.0 Å². The standard InChI is InChI=1S/C35H37FN6O2/c1-21-19-41(32-15-14-26(36)17-30(21)32)27-11-8-10-25(16-27)20-42-33(28-12-9-13-29(22(28)2)34(43)40(6)7)38-18-31(35(42)44)39-24(4)23(3)37-5/h8-19,23,37,39H,4,20H2,1-3,5-7H3/t23-/m0/s1. The van der Waals surface area contributed by atoms with Gasteiger partial charge in [0.25, 0.3) is 11.5 Å². The molecular formula is C35H37FN6O2. The number of benzene rings is 3. The summed E-state index contributed by atoms with van der Waals surface area (Å²) < 4.78 is 17.6. The van der Waals surface area contributed by atoms with Crippen molar-refractivity contribution in [1.82, 2.24) is 24.3 Å². The van der Waals surface area contributed by atoms with Crippen LogP contribution in [0, 0.1) is 19.7 Å². The molecule has 2 N–H and O–H groups in total. The van der Waals surface area contributed by atoms with Crippen LogP contribution in [-0.4, -0.2) is 52.1 Å². The average Bonchev–Trinajstić information content (AvgIpc) is 3.34. The second-order valence-electron chi connectivity index (χ2n) is 11.2. The summed E-state index contributed by atoms with van der Waals surface area (Å²) >= 11 is 0. The normalized spacial score (nSPS) is 11.9. The van der Waals surface area contributed by atoms with Crippen LogP contribution in [-0.2, 0) is 6.54 Å². The molecule has 8 nitrogen and oxygen atoms in total. The van der Waals surface area contributed by atoms with Crippen molar-refractivity contribution in [1.29, 1.82) is 0 Å². The Bertz CT molecular complexity index is 1960. The second-order valence-corrected chi connectivity index (χ2v) is 11.2. The summed E-state index contributed by atoms with van der Waals surface area (Å²) in [6.07, 6.45) is 3.50. The molecule has 0 saturated carbocycles. The number of hydrogen-bond acceptors (Lipinski definition) is 5. The van der Waals surface area contributed by atoms with Crippen molar-refractivity contribution in [3.8, 4) is 17.1 Å². The van der Waals surface area contributed by atoms with Crippen molar-refractivity contribution in [3.63, 3.8) is 0 Å². The zero-order chi connectivity index (χ0) is 31.7. The lowest BCUT2D eigenvalue weighted by atomic mass is 10.0. The van der Waals surface area contributed by atoms with E-state index in [1.54, 1.807) is 42.9 Å². The topological polar surface area (TPSA) is 84.2 Å². The lowest BCUT2D eigenvalue weighted by molar-refractivity contribution is 0.0827. The molecular weight excluding hydrogens is 555 g/mol. The van der Waals surface area contributed by atoms with Crippen LogP contribution in [0.1, 0.15) is 34.0 Å². The van der Waals surface area contributed by atoms with Crippen molar-refractivity contribution in [2.75, 3.05) is 26.5 Å². The van der Waals surface area contributed by atoms with E-state index in [1.807, 2.05) is 68.9 Å². The van der Waals surface area contributed by atoms with Crippen LogP contribution in [0.15, 0.2) is 90.1 Å². The van der Waals surface area contributed by atoms with Gasteiger partial charge in [0.05, 0.1) is 18.3 Å². The maximum absolute atomic E-state index is 14.1. The number of nitrogens with one attached hydrogen (secondary N) is 2. The van der Waals surface area contributed by atoms with Crippen LogP contribution in [0.2, 0.25) is 0 Å². The van der Waals surface area contributed by atoms with Gasteiger partial charge in [0, 0.05) is 54.2 Å². The summed E-state index contributed by atoms with van der Waals surface area (Å²) in [5.74, 6) is 0.0380. The largest absolute Gasteiger partial charge is 0.352 e. The van der Waals surface area contributed by atoms with Crippen LogP contribution < -0.4 is 16.2 Å². The van der Waals surface area contributed by atoms with E-state index >= 15 is 0 Å². The number of halogens is 1. The molecule has 3 aromatic carbocycles. The number of aryl methyl sites for hydroxylation is 1. The highest BCUT2D eigenvalue weighted by atomic mass is 19.1. The maximum atomic E-state index is 14.1. The Morgan fingerprint density at radius 1 is 1.09 bits per heavy atom. The Morgan fingerprint density at radius 3 is 2.57 bits per heavy atom. The molecule has 0 bridgehead atoms. The third kappa shape index (κ3) is 5.78. The Balaban J connectivity index is 1.64. The van der Waals surface area contributed by atoms with E-state index in [-0.39, 0.29) is 29.9 Å². The van der Waals surface area contributed by atoms with Crippen molar-refractivity contribution in [2.45, 2.75) is 33.4 Å². The highest BCUT2D eigenvalue weighted by Crippen LogP contribution is 2.28. The average molecular weight is 593 g/mol. The minimum atomic E-state index is -0.279. The Kier molecular flexibility index (Phi) is 8.51. The molecule has 2 aromatic heterocycles. The second kappa shape index (κ2) is 12.3. The van der Waals surface area contributed by atoms with E-state index in [0.29, 0.717) is 28.3 Å². The molecule has 2 heterocycles. The fourth-order valence-corrected chi connectivity index (χ4v) is 5.31. The van der Waals surface area contributed by atoms with E-state index in [2.05, 4.69) is 17.2 Å². The summed E-state index contributed by atoms with van der Waals surface area (Å²) in [4.78, 5) is 33.3. The van der Waals surface area contributed by atoms with Gasteiger partial charge < -0.3 is 20.1 Å². The number of carbonyl (C=O) groups excluding carboxylic acids is 1. The lowest BCUT2D eigenvalue weighted by Crippen LogP contribution is -2.31. The third-order valence-electron chi connectivity index (χ3n) is 8.00. The van der Waals surface area contributed by atoms with Gasteiger partial charge >= 0.3 is 0 Å². The lowest BCUT2D eigenvalue weighted by Gasteiger charge is -2.20. The number of fused-ring (bicyclic) bond motifs is 1. The number of amides is 1. The molecule has 9 heteroatoms. The molecule has 0 aliphatic rings. The van der Waals surface area contributed by atoms with Gasteiger partial charge in [-0.1, -0.05) is 30.8 Å². The minimum Gasteiger partial charge on any atom is -0.352 e. The Hall–Kier alpha value is -5.02. The van der Waals surface area contributed by atoms with Crippen molar-refractivity contribution >= 4 is 22.5 Å². The van der Waals surface area contributed by atoms with Crippen LogP contribution >= 0.6 is 0 Å². The first kappa shape index (κ1) is 30.4. The zero-order valence-electron chi connectivity index (χ0n) is 25.9. The molecule has 44 heavy (non-hydrogen) atoms. The quantitative estimate of drug-likeness (QED) is 0.223. The Morgan fingerprint density at radius 2 is 1.84 bits per heavy atom. The third-order valence-corrected chi connectivity index (χ3v) is 8.00. The number of hydrogen-bond donors (Lipinski definition) is 2. The van der Waals surface area contributed by atoms with Crippen molar-refractivity contribution < 1.29 is 9.18 Å². The SMILES string of the molecule is C=C(Nc1cnc(-c2cccc(C(=O)N(C)C)c2C)n(Cc2cccc(-n3cc(C)c4cc(F)ccc43)c2)c1=O)[C@H](C)NC. The van der Waals surface area contributed by atoms with Gasteiger partial charge in [-0.15, -0.1) is 0 Å². The molecule has 226 valence electrons. The van der Waals surface area contributed by atoms with Gasteiger partial charge in [0.15, 0.2) is 0 Å². The molecule has 0 unspecified atom stereocenters. The van der Waals surface area contributed by atoms with Crippen molar-refractivity contribution in [3.05, 3.63) is 124 Å². The Labute approximate surface area is 256 Å². The zero-order valence-corrected chi connectivity index (χ0v) is 25.9. The van der Waals surface area contributed by atoms with E-state index in [1.165, 1.54) is 17.2 Å². The predicted octanol–water partition coefficient (Wildman–Crippen LogP) is 5.89. The molecule has 0 spiro atoms.